The molecule has 0 aliphatic carbocycles. The van der Waals surface area contributed by atoms with Gasteiger partial charge in [-0.2, -0.15) is 0 Å². The maximum absolute atomic E-state index is 12.9. The Hall–Kier alpha value is -1.06. The van der Waals surface area contributed by atoms with Crippen molar-refractivity contribution in [2.75, 3.05) is 0 Å². The second-order valence-corrected chi connectivity index (χ2v) is 8.16. The van der Waals surface area contributed by atoms with E-state index >= 15 is 0 Å². The fourth-order valence-electron chi connectivity index (χ4n) is 3.63. The standard InChI is InChI=1S/C20H38O4/c1-8-10-11-12-13-14-16(9-2)24-18(23)20(15(3)4,17(21)22)19(5,6)7/h15-16H,8-14H2,1-7H3,(H,21,22). The molecular weight excluding hydrogens is 304 g/mol. The van der Waals surface area contributed by atoms with Crippen molar-refractivity contribution < 1.29 is 19.4 Å². The maximum Gasteiger partial charge on any atom is 0.324 e. The highest BCUT2D eigenvalue weighted by atomic mass is 16.5. The topological polar surface area (TPSA) is 63.6 Å². The van der Waals surface area contributed by atoms with Gasteiger partial charge in [0.15, 0.2) is 5.41 Å². The zero-order valence-electron chi connectivity index (χ0n) is 16.8. The zero-order valence-corrected chi connectivity index (χ0v) is 16.8. The van der Waals surface area contributed by atoms with Gasteiger partial charge in [0.05, 0.1) is 0 Å². The van der Waals surface area contributed by atoms with E-state index in [-0.39, 0.29) is 12.0 Å². The fourth-order valence-corrected chi connectivity index (χ4v) is 3.63. The summed E-state index contributed by atoms with van der Waals surface area (Å²) in [5.41, 5.74) is -2.24. The van der Waals surface area contributed by atoms with Crippen molar-refractivity contribution in [2.45, 2.75) is 99.5 Å². The van der Waals surface area contributed by atoms with Gasteiger partial charge in [0, 0.05) is 0 Å². The van der Waals surface area contributed by atoms with Crippen LogP contribution in [0, 0.1) is 16.7 Å². The first-order chi connectivity index (χ1) is 11.0. The van der Waals surface area contributed by atoms with Crippen LogP contribution in [0.2, 0.25) is 0 Å². The van der Waals surface area contributed by atoms with Crippen molar-refractivity contribution in [3.05, 3.63) is 0 Å². The Kier molecular flexibility index (Phi) is 9.61. The molecule has 4 heteroatoms. The summed E-state index contributed by atoms with van der Waals surface area (Å²) in [6.45, 7) is 13.1. The molecule has 0 saturated carbocycles. The predicted octanol–water partition coefficient (Wildman–Crippen LogP) is 5.44. The number of hydrogen-bond donors (Lipinski definition) is 1. The normalized spacial score (nSPS) is 15.8. The molecular formula is C20H38O4. The molecule has 0 aromatic carbocycles. The Morgan fingerprint density at radius 3 is 1.92 bits per heavy atom. The molecule has 142 valence electrons. The molecule has 24 heavy (non-hydrogen) atoms. The number of unbranched alkanes of at least 4 members (excludes halogenated alkanes) is 4. The third-order valence-corrected chi connectivity index (χ3v) is 5.07. The molecule has 0 amide bonds. The van der Waals surface area contributed by atoms with Crippen molar-refractivity contribution in [1.82, 2.24) is 0 Å². The van der Waals surface area contributed by atoms with Gasteiger partial charge in [0.1, 0.15) is 6.10 Å². The smallest absolute Gasteiger partial charge is 0.324 e. The molecule has 0 aromatic rings. The average Bonchev–Trinajstić information content (AvgIpc) is 2.43. The van der Waals surface area contributed by atoms with Gasteiger partial charge in [0.25, 0.3) is 0 Å². The fraction of sp³-hybridized carbons (Fsp3) is 0.900. The lowest BCUT2D eigenvalue weighted by atomic mass is 9.60. The summed E-state index contributed by atoms with van der Waals surface area (Å²) in [7, 11) is 0. The van der Waals surface area contributed by atoms with Crippen LogP contribution in [0.5, 0.6) is 0 Å². The number of rotatable bonds is 11. The van der Waals surface area contributed by atoms with E-state index in [1.54, 1.807) is 34.6 Å². The van der Waals surface area contributed by atoms with Gasteiger partial charge in [-0.1, -0.05) is 74.1 Å². The number of ether oxygens (including phenoxy) is 1. The highest BCUT2D eigenvalue weighted by Gasteiger charge is 2.59. The molecule has 2 atom stereocenters. The lowest BCUT2D eigenvalue weighted by Crippen LogP contribution is -2.54. The molecule has 0 radical (unpaired) electrons. The summed E-state index contributed by atoms with van der Waals surface area (Å²) in [6, 6.07) is 0. The Morgan fingerprint density at radius 2 is 1.54 bits per heavy atom. The molecule has 1 N–H and O–H groups in total. The van der Waals surface area contributed by atoms with Gasteiger partial charge in [-0.05, 0) is 30.6 Å². The lowest BCUT2D eigenvalue weighted by molar-refractivity contribution is -0.187. The van der Waals surface area contributed by atoms with E-state index in [0.717, 1.165) is 25.7 Å². The molecule has 0 aliphatic rings. The van der Waals surface area contributed by atoms with Crippen molar-refractivity contribution in [3.63, 3.8) is 0 Å². The Labute approximate surface area is 148 Å². The minimum Gasteiger partial charge on any atom is -0.480 e. The monoisotopic (exact) mass is 342 g/mol. The van der Waals surface area contributed by atoms with Gasteiger partial charge in [-0.25, -0.2) is 0 Å². The Bertz CT molecular complexity index is 395. The van der Waals surface area contributed by atoms with Crippen molar-refractivity contribution in [1.29, 1.82) is 0 Å². The van der Waals surface area contributed by atoms with E-state index in [0.29, 0.717) is 0 Å². The van der Waals surface area contributed by atoms with Gasteiger partial charge in [-0.3, -0.25) is 9.59 Å². The SMILES string of the molecule is CCCCCCCC(CC)OC(=O)C(C(=O)O)(C(C)C)C(C)(C)C. The number of carboxylic acids is 1. The summed E-state index contributed by atoms with van der Waals surface area (Å²) in [5.74, 6) is -2.02. The van der Waals surface area contributed by atoms with E-state index in [2.05, 4.69) is 6.92 Å². The van der Waals surface area contributed by atoms with E-state index in [4.69, 9.17) is 4.74 Å². The number of aliphatic carboxylic acids is 1. The molecule has 0 bridgehead atoms. The summed E-state index contributed by atoms with van der Waals surface area (Å²) < 4.78 is 5.70. The lowest BCUT2D eigenvalue weighted by Gasteiger charge is -2.42. The van der Waals surface area contributed by atoms with Crippen LogP contribution in [-0.2, 0) is 14.3 Å². The van der Waals surface area contributed by atoms with E-state index in [1.807, 2.05) is 6.92 Å². The van der Waals surface area contributed by atoms with Gasteiger partial charge in [0.2, 0.25) is 0 Å². The first-order valence-corrected chi connectivity index (χ1v) is 9.50. The quantitative estimate of drug-likeness (QED) is 0.308. The molecule has 0 spiro atoms. The molecule has 0 fully saturated rings. The molecule has 0 rings (SSSR count). The van der Waals surface area contributed by atoms with Crippen LogP contribution in [0.1, 0.15) is 93.4 Å². The molecule has 4 nitrogen and oxygen atoms in total. The van der Waals surface area contributed by atoms with E-state index < -0.39 is 22.8 Å². The number of carboxylic acid groups (broad SMARTS) is 1. The van der Waals surface area contributed by atoms with Crippen LogP contribution >= 0.6 is 0 Å². The largest absolute Gasteiger partial charge is 0.480 e. The third kappa shape index (κ3) is 5.49. The molecule has 0 heterocycles. The van der Waals surface area contributed by atoms with E-state index in [1.165, 1.54) is 19.3 Å². The number of hydrogen-bond acceptors (Lipinski definition) is 3. The minimum absolute atomic E-state index is 0.195. The van der Waals surface area contributed by atoms with E-state index in [9.17, 15) is 14.7 Å². The van der Waals surface area contributed by atoms with Crippen molar-refractivity contribution >= 4 is 11.9 Å². The first-order valence-electron chi connectivity index (χ1n) is 9.50. The van der Waals surface area contributed by atoms with Crippen LogP contribution in [0.4, 0.5) is 0 Å². The third-order valence-electron chi connectivity index (χ3n) is 5.07. The van der Waals surface area contributed by atoms with Crippen LogP contribution in [0.25, 0.3) is 0 Å². The van der Waals surface area contributed by atoms with Crippen LogP contribution < -0.4 is 0 Å². The van der Waals surface area contributed by atoms with Crippen molar-refractivity contribution in [2.24, 2.45) is 16.7 Å². The minimum atomic E-state index is -1.53. The molecule has 0 saturated heterocycles. The number of carbonyl (C=O) groups excluding carboxylic acids is 1. The summed E-state index contributed by atoms with van der Waals surface area (Å²) in [6.07, 6.45) is 7.12. The second-order valence-electron chi connectivity index (χ2n) is 8.16. The summed E-state index contributed by atoms with van der Waals surface area (Å²) in [4.78, 5) is 24.9. The molecule has 2 unspecified atom stereocenters. The van der Waals surface area contributed by atoms with Gasteiger partial charge < -0.3 is 9.84 Å². The second kappa shape index (κ2) is 10.0. The van der Waals surface area contributed by atoms with Crippen molar-refractivity contribution in [3.8, 4) is 0 Å². The number of carbonyl (C=O) groups is 2. The predicted molar refractivity (Wildman–Crippen MR) is 97.9 cm³/mol. The zero-order chi connectivity index (χ0) is 19.0. The highest BCUT2D eigenvalue weighted by Crippen LogP contribution is 2.46. The van der Waals surface area contributed by atoms with Crippen LogP contribution in [-0.4, -0.2) is 23.1 Å². The summed E-state index contributed by atoms with van der Waals surface area (Å²) in [5, 5.41) is 9.86. The van der Waals surface area contributed by atoms with Crippen LogP contribution in [0.15, 0.2) is 0 Å². The molecule has 0 aliphatic heterocycles. The number of esters is 1. The molecule has 0 aromatic heterocycles. The van der Waals surface area contributed by atoms with Crippen LogP contribution in [0.3, 0.4) is 0 Å². The van der Waals surface area contributed by atoms with Gasteiger partial charge in [-0.15, -0.1) is 0 Å². The Balaban J connectivity index is 5.07. The average molecular weight is 343 g/mol. The maximum atomic E-state index is 12.9. The Morgan fingerprint density at radius 1 is 1.00 bits per heavy atom. The first kappa shape index (κ1) is 22.9. The highest BCUT2D eigenvalue weighted by molar-refractivity contribution is 6.00. The summed E-state index contributed by atoms with van der Waals surface area (Å²) >= 11 is 0. The van der Waals surface area contributed by atoms with Gasteiger partial charge >= 0.3 is 11.9 Å².